The average Bonchev–Trinajstić information content (AvgIpc) is 2.99. The van der Waals surface area contributed by atoms with Crippen molar-refractivity contribution in [2.75, 3.05) is 17.3 Å². The Morgan fingerprint density at radius 1 is 0.778 bits per heavy atom. The standard InChI is InChI=1S/C11H11NO2.C10H9NO2.H2/c1-6-4-7(2)9-8(5-6)10(13)11(14)12(9)3;1-5-3-6(2)8-7(4-5)9(12)10(13)11-8;/h4-5H,1-3H3;3-4H,1-2H3,(H,11,12,13);1H/i;;1+1. The Hall–Kier alpha value is -3.28. The minimum absolute atomic E-state index is 0. The number of carbonyl (C=O) groups is 4. The summed E-state index contributed by atoms with van der Waals surface area (Å²) in [5.41, 5.74) is 6.39. The lowest BCUT2D eigenvalue weighted by Crippen LogP contribution is -2.25. The highest BCUT2D eigenvalue weighted by molar-refractivity contribution is 6.52. The van der Waals surface area contributed by atoms with Crippen LogP contribution in [0.15, 0.2) is 24.3 Å². The van der Waals surface area contributed by atoms with Crippen LogP contribution in [0.5, 0.6) is 0 Å². The molecule has 140 valence electrons. The summed E-state index contributed by atoms with van der Waals surface area (Å²) in [7, 11) is 1.63. The van der Waals surface area contributed by atoms with Gasteiger partial charge in [0.15, 0.2) is 0 Å². The molecule has 2 aliphatic heterocycles. The number of benzene rings is 2. The van der Waals surface area contributed by atoms with Crippen molar-refractivity contribution in [3.63, 3.8) is 0 Å². The number of hydrogen-bond acceptors (Lipinski definition) is 4. The molecule has 4 rings (SSSR count). The maximum Gasteiger partial charge on any atom is 0.299 e. The predicted octanol–water partition coefficient (Wildman–Crippen LogP) is 3.15. The lowest BCUT2D eigenvalue weighted by atomic mass is 10.0. The minimum Gasteiger partial charge on any atom is -0.318 e. The van der Waals surface area contributed by atoms with E-state index in [1.165, 1.54) is 4.90 Å². The lowest BCUT2D eigenvalue weighted by molar-refractivity contribution is -0.114. The number of hydrogen-bond donors (Lipinski definition) is 1. The van der Waals surface area contributed by atoms with E-state index in [0.717, 1.165) is 27.9 Å². The number of fused-ring (bicyclic) bond motifs is 2. The summed E-state index contributed by atoms with van der Waals surface area (Å²) < 4.78 is 0. The highest BCUT2D eigenvalue weighted by atomic mass is 16.2. The highest BCUT2D eigenvalue weighted by Crippen LogP contribution is 2.32. The van der Waals surface area contributed by atoms with Crippen molar-refractivity contribution in [2.24, 2.45) is 0 Å². The highest BCUT2D eigenvalue weighted by Gasteiger charge is 2.34. The minimum atomic E-state index is -0.524. The summed E-state index contributed by atoms with van der Waals surface area (Å²) in [5, 5.41) is 2.55. The molecule has 27 heavy (non-hydrogen) atoms. The first-order valence-electron chi connectivity index (χ1n) is 8.52. The summed E-state index contributed by atoms with van der Waals surface area (Å²) in [6.45, 7) is 7.62. The van der Waals surface area contributed by atoms with Gasteiger partial charge >= 0.3 is 0 Å². The number of nitrogens with one attached hydrogen (secondary N) is 1. The molecule has 0 fully saturated rings. The van der Waals surface area contributed by atoms with Crippen molar-refractivity contribution in [1.29, 1.82) is 0 Å². The number of carbonyl (C=O) groups excluding carboxylic acids is 4. The monoisotopic (exact) mass is 367 g/mol. The van der Waals surface area contributed by atoms with Crippen LogP contribution >= 0.6 is 0 Å². The van der Waals surface area contributed by atoms with Crippen LogP contribution in [0, 0.1) is 27.7 Å². The Kier molecular flexibility index (Phi) is 4.43. The Balaban J connectivity index is 0.000000194. The van der Waals surface area contributed by atoms with Gasteiger partial charge in [-0.05, 0) is 62.1 Å². The largest absolute Gasteiger partial charge is 0.318 e. The Bertz CT molecular complexity index is 1040. The van der Waals surface area contributed by atoms with E-state index in [1.54, 1.807) is 19.2 Å². The number of rotatable bonds is 0. The molecule has 0 bridgehead atoms. The molecule has 0 saturated carbocycles. The molecule has 2 heterocycles. The Morgan fingerprint density at radius 2 is 1.33 bits per heavy atom. The summed E-state index contributed by atoms with van der Waals surface area (Å²) in [5.74, 6) is -1.78. The number of aryl methyl sites for hydroxylation is 4. The van der Waals surface area contributed by atoms with Crippen molar-refractivity contribution >= 4 is 34.8 Å². The average molecular weight is 367 g/mol. The van der Waals surface area contributed by atoms with Gasteiger partial charge in [0.1, 0.15) is 0 Å². The molecule has 0 radical (unpaired) electrons. The van der Waals surface area contributed by atoms with Crippen molar-refractivity contribution in [3.05, 3.63) is 57.6 Å². The van der Waals surface area contributed by atoms with E-state index in [4.69, 9.17) is 0 Å². The predicted molar refractivity (Wildman–Crippen MR) is 105 cm³/mol. The fourth-order valence-corrected chi connectivity index (χ4v) is 3.55. The Labute approximate surface area is 158 Å². The van der Waals surface area contributed by atoms with Gasteiger partial charge in [0, 0.05) is 8.47 Å². The molecule has 6 nitrogen and oxygen atoms in total. The summed E-state index contributed by atoms with van der Waals surface area (Å²) >= 11 is 0. The van der Waals surface area contributed by atoms with Crippen LogP contribution in [-0.2, 0) is 9.59 Å². The SMILES string of the molecule is Cc1cc(C)c2c(c1)C(=O)C(=O)N2.Cc1cc(C)c2c(c1)C(=O)C(=O)N2C.[2HH]. The van der Waals surface area contributed by atoms with Gasteiger partial charge in [-0.25, -0.2) is 0 Å². The zero-order chi connectivity index (χ0) is 20.0. The number of amides is 2. The van der Waals surface area contributed by atoms with Gasteiger partial charge in [0.2, 0.25) is 0 Å². The van der Waals surface area contributed by atoms with E-state index >= 15 is 0 Å². The molecule has 2 aromatic carbocycles. The summed E-state index contributed by atoms with van der Waals surface area (Å²) in [6.07, 6.45) is 0. The third kappa shape index (κ3) is 3.03. The first kappa shape index (κ1) is 18.5. The molecule has 0 aromatic heterocycles. The van der Waals surface area contributed by atoms with Gasteiger partial charge in [-0.3, -0.25) is 19.2 Å². The van der Waals surface area contributed by atoms with E-state index in [2.05, 4.69) is 5.32 Å². The topological polar surface area (TPSA) is 83.5 Å². The summed E-state index contributed by atoms with van der Waals surface area (Å²) in [4.78, 5) is 46.7. The van der Waals surface area contributed by atoms with E-state index in [1.807, 2.05) is 39.8 Å². The molecule has 6 heteroatoms. The van der Waals surface area contributed by atoms with Gasteiger partial charge in [-0.2, -0.15) is 0 Å². The van der Waals surface area contributed by atoms with E-state index in [9.17, 15) is 19.2 Å². The van der Waals surface area contributed by atoms with Crippen LogP contribution in [0.4, 0.5) is 11.4 Å². The van der Waals surface area contributed by atoms with Gasteiger partial charge in [-0.15, -0.1) is 0 Å². The zero-order valence-corrected chi connectivity index (χ0v) is 15.9. The van der Waals surface area contributed by atoms with E-state index < -0.39 is 23.4 Å². The molecule has 2 aromatic rings. The third-order valence-corrected chi connectivity index (χ3v) is 4.69. The van der Waals surface area contributed by atoms with Crippen molar-refractivity contribution < 1.29 is 20.6 Å². The second kappa shape index (κ2) is 6.46. The number of anilines is 2. The molecular weight excluding hydrogens is 344 g/mol. The van der Waals surface area contributed by atoms with E-state index in [-0.39, 0.29) is 1.43 Å². The fraction of sp³-hybridized carbons (Fsp3) is 0.238. The number of ketones is 2. The van der Waals surface area contributed by atoms with Crippen LogP contribution in [-0.4, -0.2) is 30.4 Å². The van der Waals surface area contributed by atoms with Gasteiger partial charge in [0.05, 0.1) is 22.5 Å². The first-order valence-corrected chi connectivity index (χ1v) is 8.52. The second-order valence-electron chi connectivity index (χ2n) is 6.96. The molecular formula is C21H22N2O4. The van der Waals surface area contributed by atoms with Gasteiger partial charge in [-0.1, -0.05) is 12.1 Å². The van der Waals surface area contributed by atoms with E-state index in [0.29, 0.717) is 16.8 Å². The molecule has 0 atom stereocenters. The normalized spacial score (nSPS) is 14.6. The fourth-order valence-electron chi connectivity index (χ4n) is 3.55. The zero-order valence-electron chi connectivity index (χ0n) is 15.9. The Morgan fingerprint density at radius 3 is 1.96 bits per heavy atom. The van der Waals surface area contributed by atoms with Crippen molar-refractivity contribution in [1.82, 2.24) is 0 Å². The van der Waals surface area contributed by atoms with Crippen LogP contribution in [0.3, 0.4) is 0 Å². The molecule has 1 N–H and O–H groups in total. The number of Topliss-reactive ketones (excluding diaryl/α,β-unsaturated/α-hetero) is 2. The molecule has 2 aliphatic rings. The molecule has 0 unspecified atom stereocenters. The van der Waals surface area contributed by atoms with Crippen LogP contribution in [0.1, 0.15) is 44.4 Å². The maximum atomic E-state index is 11.5. The lowest BCUT2D eigenvalue weighted by Gasteiger charge is -2.12. The van der Waals surface area contributed by atoms with Crippen molar-refractivity contribution in [2.45, 2.75) is 27.7 Å². The van der Waals surface area contributed by atoms with Crippen LogP contribution in [0.2, 0.25) is 0 Å². The second-order valence-corrected chi connectivity index (χ2v) is 6.96. The van der Waals surface area contributed by atoms with Gasteiger partial charge in [0.25, 0.3) is 23.4 Å². The quantitative estimate of drug-likeness (QED) is 0.725. The molecule has 0 saturated heterocycles. The van der Waals surface area contributed by atoms with Gasteiger partial charge < -0.3 is 10.2 Å². The maximum absolute atomic E-state index is 11.5. The number of likely N-dealkylation sites (N-methyl/N-ethyl adjacent to an activating group) is 1. The smallest absolute Gasteiger partial charge is 0.299 e. The third-order valence-electron chi connectivity index (χ3n) is 4.69. The van der Waals surface area contributed by atoms with Crippen molar-refractivity contribution in [3.8, 4) is 0 Å². The molecule has 0 spiro atoms. The van der Waals surface area contributed by atoms with Crippen LogP contribution in [0.25, 0.3) is 0 Å². The molecule has 0 aliphatic carbocycles. The van der Waals surface area contributed by atoms with Crippen LogP contribution < -0.4 is 10.2 Å². The molecule has 2 amide bonds. The summed E-state index contributed by atoms with van der Waals surface area (Å²) in [6, 6.07) is 7.42. The number of nitrogens with zero attached hydrogens (tertiary/aromatic N) is 1. The first-order chi connectivity index (χ1) is 12.6.